The van der Waals surface area contributed by atoms with Crippen LogP contribution in [0, 0.1) is 0 Å². The number of nitrogens with one attached hydrogen (secondary N) is 1. The van der Waals surface area contributed by atoms with Gasteiger partial charge in [-0.25, -0.2) is 0 Å². The second-order valence-electron chi connectivity index (χ2n) is 6.27. The Morgan fingerprint density at radius 3 is 2.55 bits per heavy atom. The molecule has 5 nitrogen and oxygen atoms in total. The van der Waals surface area contributed by atoms with Crippen LogP contribution in [0.5, 0.6) is 5.75 Å². The molecule has 1 aliphatic heterocycles. The van der Waals surface area contributed by atoms with E-state index < -0.39 is 0 Å². The predicted octanol–water partition coefficient (Wildman–Crippen LogP) is 5.08. The fourth-order valence-electron chi connectivity index (χ4n) is 2.70. The molecule has 3 rings (SSSR count). The van der Waals surface area contributed by atoms with Crippen LogP contribution in [0.25, 0.3) is 6.08 Å². The van der Waals surface area contributed by atoms with Crippen molar-refractivity contribution in [3.63, 3.8) is 0 Å². The molecule has 2 aromatic rings. The summed E-state index contributed by atoms with van der Waals surface area (Å²) < 4.78 is 6.60. The molecule has 1 saturated heterocycles. The Bertz CT molecular complexity index is 943. The molecular formula is C21H19BrN2O3S2. The van der Waals surface area contributed by atoms with E-state index in [1.54, 1.807) is 36.3 Å². The molecule has 2 amide bonds. The first kappa shape index (κ1) is 21.5. The number of hydrogen-bond donors (Lipinski definition) is 1. The van der Waals surface area contributed by atoms with Crippen molar-refractivity contribution in [1.82, 2.24) is 4.90 Å². The van der Waals surface area contributed by atoms with Gasteiger partial charge in [0.1, 0.15) is 10.1 Å². The lowest BCUT2D eigenvalue weighted by molar-refractivity contribution is -0.122. The summed E-state index contributed by atoms with van der Waals surface area (Å²) in [5, 5.41) is 2.84. The summed E-state index contributed by atoms with van der Waals surface area (Å²) in [6.45, 7) is 0.415. The van der Waals surface area contributed by atoms with Gasteiger partial charge in [0.05, 0.1) is 12.0 Å². The third-order valence-corrected chi connectivity index (χ3v) is 6.11. The summed E-state index contributed by atoms with van der Waals surface area (Å²) in [5.41, 5.74) is 1.64. The fraction of sp³-hybridized carbons (Fsp3) is 0.190. The third kappa shape index (κ3) is 5.91. The molecular weight excluding hydrogens is 472 g/mol. The number of nitrogens with zero attached hydrogens (tertiary/aromatic N) is 1. The van der Waals surface area contributed by atoms with Gasteiger partial charge in [-0.05, 0) is 54.5 Å². The molecule has 0 radical (unpaired) electrons. The number of halogens is 1. The summed E-state index contributed by atoms with van der Waals surface area (Å²) in [6, 6.07) is 14.8. The molecule has 2 aromatic carbocycles. The average Bonchev–Trinajstić information content (AvgIpc) is 2.97. The summed E-state index contributed by atoms with van der Waals surface area (Å²) in [4.78, 5) is 26.9. The first-order chi connectivity index (χ1) is 14.0. The van der Waals surface area contributed by atoms with Crippen molar-refractivity contribution < 1.29 is 14.3 Å². The van der Waals surface area contributed by atoms with Crippen LogP contribution in [-0.2, 0) is 9.59 Å². The molecule has 150 valence electrons. The van der Waals surface area contributed by atoms with Gasteiger partial charge in [-0.1, -0.05) is 52.0 Å². The van der Waals surface area contributed by atoms with Gasteiger partial charge in [0.15, 0.2) is 0 Å². The quantitative estimate of drug-likeness (QED) is 0.433. The zero-order valence-electron chi connectivity index (χ0n) is 15.7. The number of rotatable bonds is 7. The van der Waals surface area contributed by atoms with Gasteiger partial charge in [-0.3, -0.25) is 14.5 Å². The maximum atomic E-state index is 12.6. The number of carbonyl (C=O) groups excluding carboxylic acids is 2. The monoisotopic (exact) mass is 490 g/mol. The Morgan fingerprint density at radius 1 is 1.21 bits per heavy atom. The zero-order chi connectivity index (χ0) is 20.8. The van der Waals surface area contributed by atoms with Crippen LogP contribution in [0.15, 0.2) is 57.9 Å². The number of thioether (sulfide) groups is 1. The minimum atomic E-state index is -0.113. The van der Waals surface area contributed by atoms with Gasteiger partial charge in [-0.15, -0.1) is 0 Å². The highest BCUT2D eigenvalue weighted by molar-refractivity contribution is 9.10. The highest BCUT2D eigenvalue weighted by Crippen LogP contribution is 2.32. The Hall–Kier alpha value is -2.16. The van der Waals surface area contributed by atoms with Gasteiger partial charge in [0.25, 0.3) is 5.91 Å². The van der Waals surface area contributed by atoms with E-state index >= 15 is 0 Å². The highest BCUT2D eigenvalue weighted by Gasteiger charge is 2.31. The van der Waals surface area contributed by atoms with E-state index in [-0.39, 0.29) is 11.8 Å². The van der Waals surface area contributed by atoms with Crippen molar-refractivity contribution in [2.45, 2.75) is 12.8 Å². The molecule has 0 aliphatic carbocycles. The van der Waals surface area contributed by atoms with Gasteiger partial charge in [0, 0.05) is 23.1 Å². The molecule has 0 spiro atoms. The van der Waals surface area contributed by atoms with Crippen molar-refractivity contribution in [3.8, 4) is 5.75 Å². The zero-order valence-corrected chi connectivity index (χ0v) is 18.9. The number of hydrogen-bond acceptors (Lipinski definition) is 5. The van der Waals surface area contributed by atoms with Crippen LogP contribution in [0.4, 0.5) is 5.69 Å². The Balaban J connectivity index is 1.51. The number of anilines is 1. The topological polar surface area (TPSA) is 58.6 Å². The van der Waals surface area contributed by atoms with Gasteiger partial charge < -0.3 is 10.1 Å². The van der Waals surface area contributed by atoms with E-state index in [1.165, 1.54) is 11.8 Å². The van der Waals surface area contributed by atoms with E-state index in [1.807, 2.05) is 30.3 Å². The number of ether oxygens (including phenoxy) is 1. The van der Waals surface area contributed by atoms with Crippen LogP contribution in [0.3, 0.4) is 0 Å². The molecule has 29 heavy (non-hydrogen) atoms. The lowest BCUT2D eigenvalue weighted by atomic mass is 10.2. The van der Waals surface area contributed by atoms with E-state index in [4.69, 9.17) is 17.0 Å². The Kier molecular flexibility index (Phi) is 7.46. The van der Waals surface area contributed by atoms with Crippen LogP contribution in [0.1, 0.15) is 18.4 Å². The molecule has 1 aliphatic rings. The molecule has 0 saturated carbocycles. The molecule has 1 N–H and O–H groups in total. The van der Waals surface area contributed by atoms with E-state index in [0.717, 1.165) is 15.8 Å². The van der Waals surface area contributed by atoms with Gasteiger partial charge >= 0.3 is 0 Å². The maximum absolute atomic E-state index is 12.6. The number of amides is 2. The van der Waals surface area contributed by atoms with E-state index in [9.17, 15) is 9.59 Å². The molecule has 0 bridgehead atoms. The standard InChI is InChI=1S/C21H19BrN2O3S2/c1-27-17-10-8-16(9-11-17)23-19(25)3-2-12-24-20(26)18(29-21(24)28)13-14-4-6-15(22)7-5-14/h4-11,13H,2-3,12H2,1H3,(H,23,25)/b18-13+. The largest absolute Gasteiger partial charge is 0.497 e. The summed E-state index contributed by atoms with van der Waals surface area (Å²) >= 11 is 10.0. The van der Waals surface area contributed by atoms with Crippen molar-refractivity contribution >= 4 is 67.8 Å². The van der Waals surface area contributed by atoms with Crippen molar-refractivity contribution in [2.75, 3.05) is 19.0 Å². The number of thiocarbonyl (C=S) groups is 1. The Morgan fingerprint density at radius 2 is 1.90 bits per heavy atom. The molecule has 1 heterocycles. The second-order valence-corrected chi connectivity index (χ2v) is 8.86. The minimum Gasteiger partial charge on any atom is -0.497 e. The van der Waals surface area contributed by atoms with Gasteiger partial charge in [-0.2, -0.15) is 0 Å². The smallest absolute Gasteiger partial charge is 0.266 e. The summed E-state index contributed by atoms with van der Waals surface area (Å²) in [6.07, 6.45) is 2.66. The van der Waals surface area contributed by atoms with Crippen LogP contribution in [0.2, 0.25) is 0 Å². The van der Waals surface area contributed by atoms with Crippen molar-refractivity contribution in [2.24, 2.45) is 0 Å². The predicted molar refractivity (Wildman–Crippen MR) is 125 cm³/mol. The molecule has 0 unspecified atom stereocenters. The summed E-state index contributed by atoms with van der Waals surface area (Å²) in [5.74, 6) is 0.512. The lowest BCUT2D eigenvalue weighted by Gasteiger charge is -2.14. The van der Waals surface area contributed by atoms with Crippen LogP contribution >= 0.6 is 39.9 Å². The molecule has 0 atom stereocenters. The third-order valence-electron chi connectivity index (χ3n) is 4.20. The highest BCUT2D eigenvalue weighted by atomic mass is 79.9. The van der Waals surface area contributed by atoms with E-state index in [2.05, 4.69) is 21.2 Å². The molecule has 1 fully saturated rings. The molecule has 8 heteroatoms. The first-order valence-electron chi connectivity index (χ1n) is 8.91. The Labute approximate surface area is 187 Å². The average molecular weight is 491 g/mol. The second kappa shape index (κ2) is 10.0. The van der Waals surface area contributed by atoms with Crippen molar-refractivity contribution in [1.29, 1.82) is 0 Å². The summed E-state index contributed by atoms with van der Waals surface area (Å²) in [7, 11) is 1.59. The van der Waals surface area contributed by atoms with E-state index in [0.29, 0.717) is 34.3 Å². The lowest BCUT2D eigenvalue weighted by Crippen LogP contribution is -2.29. The number of carbonyl (C=O) groups is 2. The van der Waals surface area contributed by atoms with Gasteiger partial charge in [0.2, 0.25) is 5.91 Å². The van der Waals surface area contributed by atoms with Crippen LogP contribution in [-0.4, -0.2) is 34.7 Å². The SMILES string of the molecule is COc1ccc(NC(=O)CCCN2C(=O)/C(=C\c3ccc(Br)cc3)SC2=S)cc1. The maximum Gasteiger partial charge on any atom is 0.266 e. The fourth-order valence-corrected chi connectivity index (χ4v) is 4.27. The van der Waals surface area contributed by atoms with Crippen LogP contribution < -0.4 is 10.1 Å². The number of benzene rings is 2. The normalized spacial score (nSPS) is 15.1. The molecule has 0 aromatic heterocycles. The minimum absolute atomic E-state index is 0.106. The number of methoxy groups -OCH3 is 1. The van der Waals surface area contributed by atoms with Crippen molar-refractivity contribution in [3.05, 3.63) is 63.5 Å². The first-order valence-corrected chi connectivity index (χ1v) is 10.9.